The molecule has 0 aliphatic heterocycles. The number of carbonyl (C=O) groups is 2. The summed E-state index contributed by atoms with van der Waals surface area (Å²) in [7, 11) is -4.76. The second-order valence-electron chi connectivity index (χ2n) is 12.6. The molecule has 278 valence electrons. The first kappa shape index (κ1) is 46.0. The molecule has 0 aromatic heterocycles. The van der Waals surface area contributed by atoms with Crippen LogP contribution in [-0.2, 0) is 28.2 Å². The minimum atomic E-state index is -4.76. The van der Waals surface area contributed by atoms with Crippen LogP contribution in [0.3, 0.4) is 0 Å². The summed E-state index contributed by atoms with van der Waals surface area (Å²) in [6.07, 6.45) is 41.4. The predicted molar refractivity (Wildman–Crippen MR) is 198 cm³/mol. The summed E-state index contributed by atoms with van der Waals surface area (Å²) in [4.78, 5) is 42.5. The Morgan fingerprint density at radius 1 is 0.542 bits per heavy atom. The zero-order chi connectivity index (χ0) is 35.4. The van der Waals surface area contributed by atoms with Gasteiger partial charge in [-0.15, -0.1) is 0 Å². The molecule has 0 aliphatic carbocycles. The van der Waals surface area contributed by atoms with Gasteiger partial charge in [0.05, 0.1) is 6.61 Å². The molecule has 0 fully saturated rings. The van der Waals surface area contributed by atoms with Gasteiger partial charge in [0.2, 0.25) is 0 Å². The van der Waals surface area contributed by atoms with Crippen LogP contribution < -0.4 is 0 Å². The standard InChI is InChI=1S/C39H69O8P/c1-3-5-7-9-11-13-14-15-16-17-18-19-20-21-22-23-24-26-27-29-31-33-38(40)45-35-37(36-46-48(42,43)44)47-39(41)34-32-30-28-25-12-10-8-6-4-2/h16-17,19-20,22-23,26-27,37H,3-15,18,21,24-25,28-36H2,1-2H3,(H2,42,43,44)/b17-16+,20-19+,23-22+,27-26+/t37-/m1/s1. The average Bonchev–Trinajstić information content (AvgIpc) is 3.05. The second-order valence-corrected chi connectivity index (χ2v) is 13.8. The lowest BCUT2D eigenvalue weighted by atomic mass is 10.1. The van der Waals surface area contributed by atoms with Gasteiger partial charge in [-0.25, -0.2) is 4.57 Å². The highest BCUT2D eigenvalue weighted by Crippen LogP contribution is 2.36. The summed E-state index contributed by atoms with van der Waals surface area (Å²) >= 11 is 0. The summed E-state index contributed by atoms with van der Waals surface area (Å²) < 4.78 is 26.2. The van der Waals surface area contributed by atoms with E-state index < -0.39 is 32.5 Å². The Hall–Kier alpha value is -1.99. The number of ether oxygens (including phenoxy) is 2. The number of allylic oxidation sites excluding steroid dienone is 8. The van der Waals surface area contributed by atoms with Crippen LogP contribution >= 0.6 is 7.82 Å². The van der Waals surface area contributed by atoms with Crippen molar-refractivity contribution in [2.24, 2.45) is 0 Å². The highest BCUT2D eigenvalue weighted by molar-refractivity contribution is 7.46. The topological polar surface area (TPSA) is 119 Å². The lowest BCUT2D eigenvalue weighted by Gasteiger charge is -2.18. The largest absolute Gasteiger partial charge is 0.469 e. The van der Waals surface area contributed by atoms with Crippen molar-refractivity contribution >= 4 is 19.8 Å². The number of rotatable bonds is 34. The van der Waals surface area contributed by atoms with Crippen LogP contribution in [-0.4, -0.2) is 41.0 Å². The van der Waals surface area contributed by atoms with Gasteiger partial charge in [0, 0.05) is 12.8 Å². The quantitative estimate of drug-likeness (QED) is 0.0295. The van der Waals surface area contributed by atoms with Crippen LogP contribution in [0.2, 0.25) is 0 Å². The first-order valence-electron chi connectivity index (χ1n) is 18.9. The molecule has 0 unspecified atom stereocenters. The Morgan fingerprint density at radius 3 is 1.46 bits per heavy atom. The van der Waals surface area contributed by atoms with E-state index in [9.17, 15) is 14.2 Å². The summed E-state index contributed by atoms with van der Waals surface area (Å²) in [6, 6.07) is 0. The molecular weight excluding hydrogens is 627 g/mol. The fraction of sp³-hybridized carbons (Fsp3) is 0.744. The monoisotopic (exact) mass is 696 g/mol. The maximum atomic E-state index is 12.3. The smallest absolute Gasteiger partial charge is 0.462 e. The number of hydrogen-bond donors (Lipinski definition) is 2. The molecule has 0 aromatic carbocycles. The second kappa shape index (κ2) is 34.9. The molecule has 0 spiro atoms. The molecule has 1 atom stereocenters. The van der Waals surface area contributed by atoms with Gasteiger partial charge in [0.15, 0.2) is 6.10 Å². The molecule has 0 saturated carbocycles. The zero-order valence-electron chi connectivity index (χ0n) is 30.4. The lowest BCUT2D eigenvalue weighted by molar-refractivity contribution is -0.161. The number of esters is 2. The molecule has 0 bridgehead atoms. The molecule has 0 aromatic rings. The van der Waals surface area contributed by atoms with Crippen LogP contribution in [0.5, 0.6) is 0 Å². The molecule has 0 saturated heterocycles. The van der Waals surface area contributed by atoms with Gasteiger partial charge in [-0.1, -0.05) is 152 Å². The van der Waals surface area contributed by atoms with Gasteiger partial charge >= 0.3 is 19.8 Å². The van der Waals surface area contributed by atoms with E-state index in [4.69, 9.17) is 19.3 Å². The molecule has 2 N–H and O–H groups in total. The van der Waals surface area contributed by atoms with E-state index in [-0.39, 0.29) is 19.4 Å². The first-order valence-corrected chi connectivity index (χ1v) is 20.5. The molecule has 0 radical (unpaired) electrons. The third-order valence-electron chi connectivity index (χ3n) is 7.85. The average molecular weight is 697 g/mol. The fourth-order valence-electron chi connectivity index (χ4n) is 5.01. The lowest BCUT2D eigenvalue weighted by Crippen LogP contribution is -2.29. The van der Waals surface area contributed by atoms with Crippen LogP contribution in [0, 0.1) is 0 Å². The van der Waals surface area contributed by atoms with Crippen molar-refractivity contribution in [2.45, 2.75) is 174 Å². The minimum Gasteiger partial charge on any atom is -0.462 e. The van der Waals surface area contributed by atoms with Crippen molar-refractivity contribution in [3.05, 3.63) is 48.6 Å². The Balaban J connectivity index is 4.02. The van der Waals surface area contributed by atoms with Crippen LogP contribution in [0.15, 0.2) is 48.6 Å². The summed E-state index contributed by atoms with van der Waals surface area (Å²) in [5, 5.41) is 0. The number of phosphoric acid groups is 1. The van der Waals surface area contributed by atoms with Crippen LogP contribution in [0.25, 0.3) is 0 Å². The molecule has 48 heavy (non-hydrogen) atoms. The van der Waals surface area contributed by atoms with E-state index in [2.05, 4.69) is 60.9 Å². The SMILES string of the molecule is CCCCCCCCC/C=C/C/C=C/C/C=C/C/C=C/CCCC(=O)OC[C@H](COP(=O)(O)O)OC(=O)CCCCCCCCCCC. The third-order valence-corrected chi connectivity index (χ3v) is 8.34. The fourth-order valence-corrected chi connectivity index (χ4v) is 5.37. The van der Waals surface area contributed by atoms with Crippen molar-refractivity contribution in [3.63, 3.8) is 0 Å². The number of hydrogen-bond acceptors (Lipinski definition) is 6. The highest BCUT2D eigenvalue weighted by atomic mass is 31.2. The number of unbranched alkanes of at least 4 members (excludes halogenated alkanes) is 16. The van der Waals surface area contributed by atoms with E-state index in [1.54, 1.807) is 0 Å². The summed E-state index contributed by atoms with van der Waals surface area (Å²) in [6.45, 7) is 3.59. The van der Waals surface area contributed by atoms with E-state index >= 15 is 0 Å². The molecule has 0 heterocycles. The van der Waals surface area contributed by atoms with Crippen molar-refractivity contribution < 1.29 is 37.9 Å². The molecule has 9 heteroatoms. The number of carbonyl (C=O) groups excluding carboxylic acids is 2. The van der Waals surface area contributed by atoms with E-state index in [0.29, 0.717) is 12.8 Å². The Labute approximate surface area is 293 Å². The molecule has 0 amide bonds. The predicted octanol–water partition coefficient (Wildman–Crippen LogP) is 11.2. The van der Waals surface area contributed by atoms with Gasteiger partial charge in [-0.05, 0) is 51.4 Å². The van der Waals surface area contributed by atoms with Gasteiger partial charge in [-0.3, -0.25) is 14.1 Å². The van der Waals surface area contributed by atoms with Crippen LogP contribution in [0.1, 0.15) is 168 Å². The van der Waals surface area contributed by atoms with Crippen molar-refractivity contribution in [1.29, 1.82) is 0 Å². The Bertz CT molecular complexity index is 921. The van der Waals surface area contributed by atoms with Crippen molar-refractivity contribution in [2.75, 3.05) is 13.2 Å². The molecule has 0 aliphatic rings. The molecule has 8 nitrogen and oxygen atoms in total. The minimum absolute atomic E-state index is 0.191. The summed E-state index contributed by atoms with van der Waals surface area (Å²) in [5.74, 6) is -0.955. The van der Waals surface area contributed by atoms with E-state index in [1.807, 2.05) is 6.08 Å². The molecular formula is C39H69O8P. The third kappa shape index (κ3) is 36.8. The zero-order valence-corrected chi connectivity index (χ0v) is 31.3. The maximum absolute atomic E-state index is 12.3. The summed E-state index contributed by atoms with van der Waals surface area (Å²) in [5.41, 5.74) is 0. The van der Waals surface area contributed by atoms with Gasteiger partial charge in [0.25, 0.3) is 0 Å². The van der Waals surface area contributed by atoms with Gasteiger partial charge < -0.3 is 19.3 Å². The normalized spacial score (nSPS) is 13.0. The van der Waals surface area contributed by atoms with Crippen molar-refractivity contribution in [1.82, 2.24) is 0 Å². The number of phosphoric ester groups is 1. The van der Waals surface area contributed by atoms with Gasteiger partial charge in [0.1, 0.15) is 6.61 Å². The van der Waals surface area contributed by atoms with Crippen molar-refractivity contribution in [3.8, 4) is 0 Å². The first-order chi connectivity index (χ1) is 23.3. The van der Waals surface area contributed by atoms with Crippen LogP contribution in [0.4, 0.5) is 0 Å². The maximum Gasteiger partial charge on any atom is 0.469 e. The molecule has 0 rings (SSSR count). The Kier molecular flexibility index (Phi) is 33.4. The highest BCUT2D eigenvalue weighted by Gasteiger charge is 2.22. The Morgan fingerprint density at radius 2 is 0.958 bits per heavy atom. The van der Waals surface area contributed by atoms with Gasteiger partial charge in [-0.2, -0.15) is 0 Å². The van der Waals surface area contributed by atoms with E-state index in [0.717, 1.165) is 44.9 Å². The van der Waals surface area contributed by atoms with E-state index in [1.165, 1.54) is 83.5 Å².